The minimum absolute atomic E-state index is 0.0817. The van der Waals surface area contributed by atoms with E-state index in [-0.39, 0.29) is 29.8 Å². The number of nitrogens with one attached hydrogen (secondary N) is 2. The van der Waals surface area contributed by atoms with E-state index in [2.05, 4.69) is 72.9 Å². The smallest absolute Gasteiger partial charge is 0.329 e. The molecule has 0 saturated carbocycles. The molecule has 3 aliphatic rings. The number of imidazole rings is 1. The molecule has 3 aromatic heterocycles. The second-order valence-electron chi connectivity index (χ2n) is 17.1. The highest BCUT2D eigenvalue weighted by atomic mass is 16.2. The van der Waals surface area contributed by atoms with Crippen LogP contribution in [0.3, 0.4) is 0 Å². The molecule has 3 aromatic carbocycles. The Hall–Kier alpha value is -6.81. The minimum Gasteiger partial charge on any atom is -0.369 e. The lowest BCUT2D eigenvalue weighted by Gasteiger charge is -2.36. The number of amides is 4. The molecular weight excluding hydrogens is 799 g/mol. The van der Waals surface area contributed by atoms with Gasteiger partial charge < -0.3 is 19.7 Å². The number of aromatic nitrogens is 6. The van der Waals surface area contributed by atoms with Gasteiger partial charge in [0.25, 0.3) is 5.91 Å². The van der Waals surface area contributed by atoms with Gasteiger partial charge in [-0.05, 0) is 103 Å². The summed E-state index contributed by atoms with van der Waals surface area (Å²) in [6.07, 6.45) is 9.09. The molecule has 4 amide bonds. The van der Waals surface area contributed by atoms with E-state index in [1.165, 1.54) is 10.3 Å². The number of rotatable bonds is 12. The van der Waals surface area contributed by atoms with Crippen molar-refractivity contribution in [1.82, 2.24) is 49.1 Å². The van der Waals surface area contributed by atoms with Crippen LogP contribution < -0.4 is 15.9 Å². The number of carbonyl (C=O) groups is 4. The predicted octanol–water partition coefficient (Wildman–Crippen LogP) is 4.22. The number of hydrogen-bond donors (Lipinski definition) is 2. The van der Waals surface area contributed by atoms with Crippen molar-refractivity contribution in [3.8, 4) is 11.1 Å². The van der Waals surface area contributed by atoms with Crippen LogP contribution in [0.25, 0.3) is 38.6 Å². The molecule has 0 radical (unpaired) electrons. The summed E-state index contributed by atoms with van der Waals surface area (Å²) in [6.45, 7) is 6.36. The number of piperazine rings is 1. The fraction of sp³-hybridized carbons (Fsp3) is 0.383. The highest BCUT2D eigenvalue weighted by molar-refractivity contribution is 6.04. The molecule has 3 aliphatic heterocycles. The lowest BCUT2D eigenvalue weighted by Crippen LogP contribution is -2.46. The molecule has 0 aliphatic carbocycles. The zero-order chi connectivity index (χ0) is 43.8. The first-order chi connectivity index (χ1) is 30.5. The van der Waals surface area contributed by atoms with Crippen LogP contribution in [0.5, 0.6) is 0 Å². The number of fused-ring (bicyclic) bond motifs is 2. The average molecular weight is 852 g/mol. The van der Waals surface area contributed by atoms with E-state index in [4.69, 9.17) is 0 Å². The van der Waals surface area contributed by atoms with Crippen LogP contribution in [0.1, 0.15) is 59.8 Å². The molecule has 63 heavy (non-hydrogen) atoms. The van der Waals surface area contributed by atoms with Crippen LogP contribution in [0.4, 0.5) is 5.69 Å². The standard InChI is InChI=1S/C47H53N11O5/c1-52(2)46(62)39-29-37-36(27-34(28-38(37)49-39)33-7-5-19-56(30-33)44(60)16-20-57-21-17-48-51-57)32-9-11-35(12-10-32)55-24-22-54(23-25-55)18-4-6-31-8-13-40-42(26-31)53(3)47(63)58(40)41-14-15-43(59)50-45(41)61/h7-13,17,21,26-29,41,49H,4-6,14-16,18-20,22-25,30H2,1-3H3,(H,50,59,61). The number of benzene rings is 3. The fourth-order valence-corrected chi connectivity index (χ4v) is 9.29. The van der Waals surface area contributed by atoms with E-state index < -0.39 is 11.9 Å². The van der Waals surface area contributed by atoms with Gasteiger partial charge in [0.05, 0.1) is 23.8 Å². The first-order valence-electron chi connectivity index (χ1n) is 21.8. The first kappa shape index (κ1) is 41.5. The van der Waals surface area contributed by atoms with Gasteiger partial charge in [-0.25, -0.2) is 4.79 Å². The number of carbonyl (C=O) groups excluding carboxylic acids is 4. The Labute approximate surface area is 364 Å². The Bertz CT molecular complexity index is 2790. The molecule has 1 atom stereocenters. The number of H-pyrrole nitrogens is 1. The molecule has 326 valence electrons. The summed E-state index contributed by atoms with van der Waals surface area (Å²) < 4.78 is 4.79. The van der Waals surface area contributed by atoms with Crippen LogP contribution in [0.2, 0.25) is 0 Å². The summed E-state index contributed by atoms with van der Waals surface area (Å²) in [5.74, 6) is -0.741. The molecule has 9 rings (SSSR count). The van der Waals surface area contributed by atoms with Crippen molar-refractivity contribution in [2.24, 2.45) is 7.05 Å². The third-order valence-electron chi connectivity index (χ3n) is 12.8. The van der Waals surface area contributed by atoms with E-state index in [0.717, 1.165) is 96.2 Å². The van der Waals surface area contributed by atoms with Gasteiger partial charge in [-0.3, -0.25) is 43.2 Å². The molecule has 2 fully saturated rings. The number of aryl methyl sites for hydroxylation is 3. The van der Waals surface area contributed by atoms with Gasteiger partial charge in [0, 0.05) is 96.0 Å². The summed E-state index contributed by atoms with van der Waals surface area (Å²) in [4.78, 5) is 75.7. The van der Waals surface area contributed by atoms with Crippen LogP contribution in [0, 0.1) is 0 Å². The quantitative estimate of drug-likeness (QED) is 0.172. The fourth-order valence-electron chi connectivity index (χ4n) is 9.29. The van der Waals surface area contributed by atoms with Crippen LogP contribution in [0.15, 0.2) is 83.9 Å². The van der Waals surface area contributed by atoms with Crippen LogP contribution in [-0.2, 0) is 34.4 Å². The monoisotopic (exact) mass is 851 g/mol. The van der Waals surface area contributed by atoms with Crippen molar-refractivity contribution in [3.63, 3.8) is 0 Å². The van der Waals surface area contributed by atoms with Crippen LogP contribution in [-0.4, -0.2) is 127 Å². The van der Waals surface area contributed by atoms with Crippen molar-refractivity contribution in [2.75, 3.05) is 64.8 Å². The Morgan fingerprint density at radius 3 is 2.44 bits per heavy atom. The first-order valence-corrected chi connectivity index (χ1v) is 21.8. The third-order valence-corrected chi connectivity index (χ3v) is 12.8. The van der Waals surface area contributed by atoms with E-state index in [0.29, 0.717) is 43.7 Å². The molecule has 16 nitrogen and oxygen atoms in total. The zero-order valence-electron chi connectivity index (χ0n) is 36.0. The lowest BCUT2D eigenvalue weighted by molar-refractivity contribution is -0.136. The van der Waals surface area contributed by atoms with Crippen LogP contribution >= 0.6 is 0 Å². The van der Waals surface area contributed by atoms with Crippen molar-refractivity contribution < 1.29 is 19.2 Å². The van der Waals surface area contributed by atoms with Gasteiger partial charge in [-0.15, -0.1) is 5.10 Å². The molecule has 2 saturated heterocycles. The van der Waals surface area contributed by atoms with Crippen molar-refractivity contribution in [2.45, 2.75) is 51.1 Å². The highest BCUT2D eigenvalue weighted by Gasteiger charge is 2.31. The summed E-state index contributed by atoms with van der Waals surface area (Å²) in [5.41, 5.74) is 9.13. The molecule has 0 spiro atoms. The second kappa shape index (κ2) is 17.5. The Morgan fingerprint density at radius 2 is 1.70 bits per heavy atom. The van der Waals surface area contributed by atoms with E-state index in [1.54, 1.807) is 47.7 Å². The largest absolute Gasteiger partial charge is 0.369 e. The van der Waals surface area contributed by atoms with Gasteiger partial charge in [-0.1, -0.05) is 29.5 Å². The summed E-state index contributed by atoms with van der Waals surface area (Å²) >= 11 is 0. The van der Waals surface area contributed by atoms with E-state index in [9.17, 15) is 24.0 Å². The molecule has 16 heteroatoms. The topological polar surface area (TPSA) is 167 Å². The van der Waals surface area contributed by atoms with Gasteiger partial charge in [-0.2, -0.15) is 0 Å². The maximum atomic E-state index is 13.3. The zero-order valence-corrected chi connectivity index (χ0v) is 36.0. The molecule has 6 aromatic rings. The van der Waals surface area contributed by atoms with Gasteiger partial charge in [0.15, 0.2) is 0 Å². The normalized spacial score (nSPS) is 17.4. The van der Waals surface area contributed by atoms with E-state index >= 15 is 0 Å². The second-order valence-corrected chi connectivity index (χ2v) is 17.1. The predicted molar refractivity (Wildman–Crippen MR) is 241 cm³/mol. The van der Waals surface area contributed by atoms with Crippen molar-refractivity contribution in [3.05, 3.63) is 106 Å². The van der Waals surface area contributed by atoms with Crippen molar-refractivity contribution in [1.29, 1.82) is 0 Å². The highest BCUT2D eigenvalue weighted by Crippen LogP contribution is 2.36. The number of aromatic amines is 1. The molecule has 0 bridgehead atoms. The van der Waals surface area contributed by atoms with E-state index in [1.807, 2.05) is 29.2 Å². The molecular formula is C47H53N11O5. The Balaban J connectivity index is 0.844. The Kier molecular flexibility index (Phi) is 11.5. The minimum atomic E-state index is -0.691. The lowest BCUT2D eigenvalue weighted by atomic mass is 9.93. The maximum Gasteiger partial charge on any atom is 0.329 e. The molecule has 2 N–H and O–H groups in total. The number of anilines is 1. The Morgan fingerprint density at radius 1 is 0.889 bits per heavy atom. The third kappa shape index (κ3) is 8.54. The van der Waals surface area contributed by atoms with Crippen molar-refractivity contribution >= 4 is 56.8 Å². The van der Waals surface area contributed by atoms with Gasteiger partial charge in [0.2, 0.25) is 17.7 Å². The van der Waals surface area contributed by atoms with Gasteiger partial charge in [0.1, 0.15) is 11.7 Å². The number of nitrogens with zero attached hydrogens (tertiary/aromatic N) is 9. The molecule has 1 unspecified atom stereocenters. The number of imide groups is 1. The van der Waals surface area contributed by atoms with Gasteiger partial charge >= 0.3 is 5.69 Å². The average Bonchev–Trinajstić information content (AvgIpc) is 4.04. The molecule has 6 heterocycles. The SMILES string of the molecule is CN(C)C(=O)c1cc2c(-c3ccc(N4CCN(CCCc5ccc6c(c5)n(C)c(=O)n6C5CCC(=O)NC5=O)CC4)cc3)cc(C3=CCCN(C(=O)CCn4ccnn4)C3)cc2[nH]1. The number of hydrogen-bond acceptors (Lipinski definition) is 9. The summed E-state index contributed by atoms with van der Waals surface area (Å²) in [7, 11) is 5.23. The number of piperidine rings is 1. The summed E-state index contributed by atoms with van der Waals surface area (Å²) in [6, 6.07) is 20.3. The summed E-state index contributed by atoms with van der Waals surface area (Å²) in [5, 5.41) is 11.2. The maximum absolute atomic E-state index is 13.3.